The van der Waals surface area contributed by atoms with Crippen LogP contribution in [0.15, 0.2) is 0 Å². The van der Waals surface area contributed by atoms with Crippen molar-refractivity contribution in [2.45, 2.75) is 26.0 Å². The van der Waals surface area contributed by atoms with E-state index < -0.39 is 11.2 Å². The minimum atomic E-state index is -1.52. The average Bonchev–Trinajstić information content (AvgIpc) is 2.10. The first-order valence-corrected chi connectivity index (χ1v) is 3.94. The van der Waals surface area contributed by atoms with E-state index in [9.17, 15) is 14.9 Å². The number of rotatable bonds is 7. The van der Waals surface area contributed by atoms with E-state index in [2.05, 4.69) is 4.74 Å². The van der Waals surface area contributed by atoms with Crippen LogP contribution in [0.3, 0.4) is 0 Å². The van der Waals surface area contributed by atoms with Gasteiger partial charge in [0.15, 0.2) is 0 Å². The van der Waals surface area contributed by atoms with E-state index in [1.165, 1.54) is 0 Å². The van der Waals surface area contributed by atoms with E-state index in [1.54, 1.807) is 6.92 Å². The molecule has 0 rings (SSSR count). The molecule has 2 atom stereocenters. The van der Waals surface area contributed by atoms with Gasteiger partial charge in [-0.3, -0.25) is 14.9 Å². The third kappa shape index (κ3) is 6.03. The predicted molar refractivity (Wildman–Crippen MR) is 43.4 cm³/mol. The fraction of sp³-hybridized carbons (Fsp3) is 0.857. The number of carbonyl (C=O) groups is 1. The molecular formula is C7H13NO5. The number of ether oxygens (including phenoxy) is 1. The smallest absolute Gasteiger partial charge is 0.313 e. The number of aliphatic hydroxyl groups excluding tert-OH is 1. The van der Waals surface area contributed by atoms with Gasteiger partial charge in [-0.25, -0.2) is 0 Å². The molecule has 0 aromatic heterocycles. The molecular weight excluding hydrogens is 178 g/mol. The van der Waals surface area contributed by atoms with Gasteiger partial charge in [0, 0.05) is 6.42 Å². The van der Waals surface area contributed by atoms with Crippen LogP contribution < -0.4 is 0 Å². The second kappa shape index (κ2) is 6.36. The molecule has 0 aliphatic heterocycles. The summed E-state index contributed by atoms with van der Waals surface area (Å²) in [7, 11) is 0. The summed E-state index contributed by atoms with van der Waals surface area (Å²) in [4.78, 5) is 19.0. The second-order valence-corrected chi connectivity index (χ2v) is 2.88. The molecule has 0 aliphatic rings. The van der Waals surface area contributed by atoms with Crippen LogP contribution in [-0.4, -0.2) is 29.3 Å². The van der Waals surface area contributed by atoms with Crippen molar-refractivity contribution in [1.29, 1.82) is 0 Å². The van der Waals surface area contributed by atoms with Gasteiger partial charge in [0.05, 0.1) is 11.5 Å². The fourth-order valence-corrected chi connectivity index (χ4v) is 0.826. The van der Waals surface area contributed by atoms with Crippen molar-refractivity contribution in [2.24, 2.45) is 5.92 Å². The molecule has 0 aromatic rings. The number of hydrogen-bond donors (Lipinski definition) is 1. The molecule has 6 nitrogen and oxygen atoms in total. The summed E-state index contributed by atoms with van der Waals surface area (Å²) in [6.45, 7) is 2.35. The highest BCUT2D eigenvalue weighted by molar-refractivity contribution is 5.36. The maximum absolute atomic E-state index is 9.99. The largest absolute Gasteiger partial charge is 0.468 e. The lowest BCUT2D eigenvalue weighted by Gasteiger charge is -2.09. The normalized spacial score (nSPS) is 14.6. The zero-order valence-electron chi connectivity index (χ0n) is 7.38. The number of aliphatic hydroxyl groups is 1. The van der Waals surface area contributed by atoms with Gasteiger partial charge < -0.3 is 9.84 Å². The van der Waals surface area contributed by atoms with E-state index in [1.807, 2.05) is 0 Å². The summed E-state index contributed by atoms with van der Waals surface area (Å²) >= 11 is 0. The molecule has 0 spiro atoms. The van der Waals surface area contributed by atoms with Crippen LogP contribution in [0.4, 0.5) is 0 Å². The van der Waals surface area contributed by atoms with Gasteiger partial charge in [-0.15, -0.1) is 0 Å². The van der Waals surface area contributed by atoms with Crippen LogP contribution in [0.25, 0.3) is 0 Å². The van der Waals surface area contributed by atoms with Crippen LogP contribution in [0.5, 0.6) is 0 Å². The Kier molecular flexibility index (Phi) is 5.79. The van der Waals surface area contributed by atoms with Crippen LogP contribution in [0.1, 0.15) is 19.8 Å². The number of nitrogens with zero attached hydrogens (tertiary/aromatic N) is 1. The maximum Gasteiger partial charge on any atom is 0.313 e. The van der Waals surface area contributed by atoms with Crippen LogP contribution in [0, 0.1) is 16.0 Å². The standard InChI is InChI=1S/C7H13NO5/c1-6(4-13-5-9)2-3-7(10)8(11)12/h5-7,10H,2-4H2,1H3. The lowest BCUT2D eigenvalue weighted by Crippen LogP contribution is -2.20. The minimum Gasteiger partial charge on any atom is -0.468 e. The molecule has 0 amide bonds. The average molecular weight is 191 g/mol. The summed E-state index contributed by atoms with van der Waals surface area (Å²) in [5.74, 6) is 0.0276. The highest BCUT2D eigenvalue weighted by atomic mass is 16.7. The van der Waals surface area contributed by atoms with Gasteiger partial charge in [-0.2, -0.15) is 0 Å². The van der Waals surface area contributed by atoms with Gasteiger partial charge in [-0.1, -0.05) is 6.92 Å². The van der Waals surface area contributed by atoms with E-state index in [0.717, 1.165) is 0 Å². The van der Waals surface area contributed by atoms with E-state index >= 15 is 0 Å². The summed E-state index contributed by atoms with van der Waals surface area (Å²) in [5.41, 5.74) is 0. The molecule has 0 fully saturated rings. The van der Waals surface area contributed by atoms with Crippen molar-refractivity contribution in [3.63, 3.8) is 0 Å². The molecule has 1 N–H and O–H groups in total. The van der Waals surface area contributed by atoms with Gasteiger partial charge in [-0.05, 0) is 12.3 Å². The Morgan fingerprint density at radius 1 is 1.62 bits per heavy atom. The van der Waals surface area contributed by atoms with Crippen molar-refractivity contribution < 1.29 is 19.6 Å². The summed E-state index contributed by atoms with van der Waals surface area (Å²) < 4.78 is 4.46. The zero-order chi connectivity index (χ0) is 10.3. The Morgan fingerprint density at radius 2 is 2.23 bits per heavy atom. The summed E-state index contributed by atoms with van der Waals surface area (Å²) in [6.07, 6.45) is -0.981. The molecule has 0 heterocycles. The van der Waals surface area contributed by atoms with Crippen molar-refractivity contribution in [1.82, 2.24) is 0 Å². The highest BCUT2D eigenvalue weighted by Gasteiger charge is 2.16. The van der Waals surface area contributed by atoms with Gasteiger partial charge in [0.2, 0.25) is 0 Å². The molecule has 6 heteroatoms. The second-order valence-electron chi connectivity index (χ2n) is 2.88. The van der Waals surface area contributed by atoms with Crippen LogP contribution >= 0.6 is 0 Å². The first-order chi connectivity index (χ1) is 6.07. The number of hydrogen-bond acceptors (Lipinski definition) is 5. The molecule has 0 aliphatic carbocycles. The Bertz CT molecular complexity index is 172. The Morgan fingerprint density at radius 3 is 2.69 bits per heavy atom. The zero-order valence-corrected chi connectivity index (χ0v) is 7.38. The molecule has 76 valence electrons. The Hall–Kier alpha value is -1.17. The Balaban J connectivity index is 3.50. The molecule has 13 heavy (non-hydrogen) atoms. The third-order valence-corrected chi connectivity index (χ3v) is 1.61. The minimum absolute atomic E-state index is 0.0276. The Labute approximate surface area is 75.7 Å². The van der Waals surface area contributed by atoms with Crippen molar-refractivity contribution in [3.05, 3.63) is 10.1 Å². The van der Waals surface area contributed by atoms with E-state index in [-0.39, 0.29) is 18.9 Å². The summed E-state index contributed by atoms with van der Waals surface area (Å²) in [6, 6.07) is 0. The molecule has 2 unspecified atom stereocenters. The fourth-order valence-electron chi connectivity index (χ4n) is 0.826. The summed E-state index contributed by atoms with van der Waals surface area (Å²) in [5, 5.41) is 18.8. The van der Waals surface area contributed by atoms with E-state index in [4.69, 9.17) is 5.11 Å². The lowest BCUT2D eigenvalue weighted by atomic mass is 10.1. The quantitative estimate of drug-likeness (QED) is 0.268. The SMILES string of the molecule is CC(CCC(O)[N+](=O)[O-])COC=O. The van der Waals surface area contributed by atoms with Crippen molar-refractivity contribution in [2.75, 3.05) is 6.61 Å². The molecule has 0 saturated heterocycles. The number of nitro groups is 1. The van der Waals surface area contributed by atoms with Gasteiger partial charge in [0.25, 0.3) is 6.47 Å². The lowest BCUT2D eigenvalue weighted by molar-refractivity contribution is -0.571. The molecule has 0 saturated carbocycles. The molecule has 0 radical (unpaired) electrons. The number of carbonyl (C=O) groups excluding carboxylic acids is 1. The topological polar surface area (TPSA) is 89.7 Å². The monoisotopic (exact) mass is 191 g/mol. The predicted octanol–water partition coefficient (Wildman–Crippen LogP) is 0.171. The third-order valence-electron chi connectivity index (χ3n) is 1.61. The maximum atomic E-state index is 9.99. The van der Waals surface area contributed by atoms with E-state index in [0.29, 0.717) is 12.9 Å². The highest BCUT2D eigenvalue weighted by Crippen LogP contribution is 2.08. The van der Waals surface area contributed by atoms with Gasteiger partial charge >= 0.3 is 6.23 Å². The molecule has 0 bridgehead atoms. The van der Waals surface area contributed by atoms with Crippen molar-refractivity contribution >= 4 is 6.47 Å². The van der Waals surface area contributed by atoms with Crippen LogP contribution in [-0.2, 0) is 9.53 Å². The first-order valence-electron chi connectivity index (χ1n) is 3.94. The molecule has 0 aromatic carbocycles. The first kappa shape index (κ1) is 11.8. The van der Waals surface area contributed by atoms with Gasteiger partial charge in [0.1, 0.15) is 0 Å². The van der Waals surface area contributed by atoms with Crippen LogP contribution in [0.2, 0.25) is 0 Å². The van der Waals surface area contributed by atoms with Crippen molar-refractivity contribution in [3.8, 4) is 0 Å².